The maximum Gasteiger partial charge on any atom is 0.256 e. The first-order chi connectivity index (χ1) is 24.9. The van der Waals surface area contributed by atoms with Crippen molar-refractivity contribution in [3.05, 3.63) is 101 Å². The second-order valence-electron chi connectivity index (χ2n) is 12.8. The molecule has 2 aliphatic heterocycles. The predicted molar refractivity (Wildman–Crippen MR) is 201 cm³/mol. The van der Waals surface area contributed by atoms with Crippen LogP contribution < -0.4 is 29.2 Å². The van der Waals surface area contributed by atoms with Crippen LogP contribution in [-0.4, -0.2) is 77.4 Å². The van der Waals surface area contributed by atoms with Gasteiger partial charge in [-0.1, -0.05) is 42.5 Å². The van der Waals surface area contributed by atoms with Crippen molar-refractivity contribution in [3.8, 4) is 23.0 Å². The summed E-state index contributed by atoms with van der Waals surface area (Å²) >= 11 is 0. The number of carbonyl (C=O) groups excluding carboxylic acids is 2. The number of nitrogens with one attached hydrogen (secondary N) is 1. The molecule has 1 N–H and O–H groups in total. The third-order valence-corrected chi connectivity index (χ3v) is 9.65. The smallest absolute Gasteiger partial charge is 0.256 e. The lowest BCUT2D eigenvalue weighted by atomic mass is 9.99. The van der Waals surface area contributed by atoms with Crippen molar-refractivity contribution >= 4 is 35.5 Å². The zero-order valence-corrected chi connectivity index (χ0v) is 29.8. The lowest BCUT2D eigenvalue weighted by Gasteiger charge is -2.29. The summed E-state index contributed by atoms with van der Waals surface area (Å²) in [6.45, 7) is 2.20. The van der Waals surface area contributed by atoms with Crippen LogP contribution in [0.3, 0.4) is 0 Å². The molecule has 0 bridgehead atoms. The third-order valence-electron chi connectivity index (χ3n) is 9.65. The Morgan fingerprint density at radius 3 is 2.22 bits per heavy atom. The molecule has 1 unspecified atom stereocenters. The molecular formula is C41H46N4O6. The molecule has 4 aromatic carbocycles. The lowest BCUT2D eigenvalue weighted by Crippen LogP contribution is -2.36. The molecule has 0 spiro atoms. The van der Waals surface area contributed by atoms with Crippen molar-refractivity contribution in [2.75, 3.05) is 58.3 Å². The molecule has 6 rings (SSSR count). The molecule has 1 atom stereocenters. The van der Waals surface area contributed by atoms with E-state index in [-0.39, 0.29) is 11.9 Å². The van der Waals surface area contributed by atoms with Gasteiger partial charge in [0.25, 0.3) is 5.91 Å². The largest absolute Gasteiger partial charge is 0.493 e. The van der Waals surface area contributed by atoms with E-state index < -0.39 is 0 Å². The number of ether oxygens (including phenoxy) is 4. The Labute approximate surface area is 300 Å². The highest BCUT2D eigenvalue weighted by molar-refractivity contribution is 6.00. The Morgan fingerprint density at radius 2 is 1.53 bits per heavy atom. The number of nitrogens with zero attached hydrogens (tertiary/aromatic N) is 3. The van der Waals surface area contributed by atoms with E-state index in [9.17, 15) is 9.59 Å². The van der Waals surface area contributed by atoms with Crippen LogP contribution in [-0.2, 0) is 19.4 Å². The Balaban J connectivity index is 1.01. The van der Waals surface area contributed by atoms with E-state index in [2.05, 4.69) is 41.5 Å². The summed E-state index contributed by atoms with van der Waals surface area (Å²) in [5.74, 6) is 2.10. The molecule has 0 saturated carbocycles. The Hall–Kier alpha value is -5.51. The topological polar surface area (TPSA) is 102 Å². The molecule has 0 radical (unpaired) electrons. The summed E-state index contributed by atoms with van der Waals surface area (Å²) in [6, 6.07) is 23.8. The van der Waals surface area contributed by atoms with Crippen molar-refractivity contribution in [1.29, 1.82) is 0 Å². The molecule has 10 nitrogen and oxygen atoms in total. The normalized spacial score (nSPS) is 14.9. The maximum atomic E-state index is 13.6. The van der Waals surface area contributed by atoms with Gasteiger partial charge in [0.15, 0.2) is 29.3 Å². The monoisotopic (exact) mass is 690 g/mol. The fourth-order valence-corrected chi connectivity index (χ4v) is 6.73. The molecular weight excluding hydrogens is 644 g/mol. The van der Waals surface area contributed by atoms with Gasteiger partial charge in [-0.3, -0.25) is 14.6 Å². The second kappa shape index (κ2) is 16.5. The number of hydrogen-bond acceptors (Lipinski definition) is 9. The van der Waals surface area contributed by atoms with E-state index in [1.807, 2.05) is 41.4 Å². The van der Waals surface area contributed by atoms with Gasteiger partial charge < -0.3 is 34.1 Å². The number of methoxy groups -OCH3 is 2. The number of amides is 1. The second-order valence-corrected chi connectivity index (χ2v) is 12.8. The van der Waals surface area contributed by atoms with Crippen molar-refractivity contribution in [2.45, 2.75) is 44.7 Å². The molecule has 2 heterocycles. The minimum absolute atomic E-state index is 0.0394. The molecule has 4 aromatic rings. The first-order valence-corrected chi connectivity index (χ1v) is 17.5. The first-order valence-electron chi connectivity index (χ1n) is 17.5. The Morgan fingerprint density at radius 1 is 0.863 bits per heavy atom. The highest BCUT2D eigenvalue weighted by atomic mass is 16.5. The zero-order chi connectivity index (χ0) is 35.7. The van der Waals surface area contributed by atoms with Gasteiger partial charge in [-0.2, -0.15) is 0 Å². The van der Waals surface area contributed by atoms with E-state index in [0.29, 0.717) is 71.8 Å². The number of hydrogen-bond donors (Lipinski definition) is 1. The van der Waals surface area contributed by atoms with Gasteiger partial charge in [0.1, 0.15) is 0 Å². The molecule has 10 heteroatoms. The van der Waals surface area contributed by atoms with Crippen LogP contribution in [0.4, 0.5) is 17.1 Å². The Bertz CT molecular complexity index is 1890. The number of anilines is 2. The summed E-state index contributed by atoms with van der Waals surface area (Å²) in [7, 11) is 7.01. The average Bonchev–Trinajstić information content (AvgIpc) is 3.50. The fraction of sp³-hybridized carbons (Fsp3) is 0.341. The first kappa shape index (κ1) is 35.3. The van der Waals surface area contributed by atoms with Crippen molar-refractivity contribution in [3.63, 3.8) is 0 Å². The van der Waals surface area contributed by atoms with Gasteiger partial charge >= 0.3 is 0 Å². The lowest BCUT2D eigenvalue weighted by molar-refractivity contribution is 0.0735. The maximum absolute atomic E-state index is 13.6. The number of para-hydroxylation sites is 1. The molecule has 2 aliphatic rings. The van der Waals surface area contributed by atoms with Gasteiger partial charge in [-0.15, -0.1) is 0 Å². The average molecular weight is 691 g/mol. The standard InChI is InChI=1S/C41H46N4O6/c1-42-35-24-40(38(49-4)22-33(35)41(47)45-17-16-28-12-6-7-14-30(28)26-45)51-19-11-5-10-18-50-39-23-34(31(27-46)21-37(39)48-3)43-25-32-20-29-13-8-9-15-36(29)44(32)2/h6-9,12-15,21-25,27,32,42H,5,10-11,16-20,26H2,1-4H3. The minimum atomic E-state index is -0.0394. The van der Waals surface area contributed by atoms with E-state index in [1.54, 1.807) is 39.5 Å². The number of rotatable bonds is 15. The number of fused-ring (bicyclic) bond motifs is 2. The SMILES string of the molecule is CNc1cc(OCCCCCOc2cc(N=CC3Cc4ccccc4N3C)c(C=O)cc2OC)c(OC)cc1C(=O)N1CCc2ccccc2C1. The molecule has 266 valence electrons. The van der Waals surface area contributed by atoms with Crippen LogP contribution in [0.25, 0.3) is 0 Å². The minimum Gasteiger partial charge on any atom is -0.493 e. The predicted octanol–water partition coefficient (Wildman–Crippen LogP) is 7.15. The van der Waals surface area contributed by atoms with Crippen molar-refractivity contribution in [1.82, 2.24) is 4.90 Å². The van der Waals surface area contributed by atoms with Gasteiger partial charge in [-0.05, 0) is 67.0 Å². The molecule has 0 saturated heterocycles. The van der Waals surface area contributed by atoms with Gasteiger partial charge in [0.2, 0.25) is 0 Å². The highest BCUT2D eigenvalue weighted by Gasteiger charge is 2.26. The number of likely N-dealkylation sites (N-methyl/N-ethyl adjacent to an activating group) is 1. The number of benzene rings is 4. The van der Waals surface area contributed by atoms with Gasteiger partial charge in [0, 0.05) is 56.8 Å². The zero-order valence-electron chi connectivity index (χ0n) is 29.8. The third kappa shape index (κ3) is 7.95. The molecule has 0 aromatic heterocycles. The molecule has 1 amide bonds. The Kier molecular flexibility index (Phi) is 11.4. The van der Waals surface area contributed by atoms with E-state index in [0.717, 1.165) is 38.4 Å². The number of unbranched alkanes of at least 4 members (excludes halogenated alkanes) is 2. The quantitative estimate of drug-likeness (QED) is 0.0798. The van der Waals surface area contributed by atoms with Gasteiger partial charge in [0.05, 0.1) is 50.4 Å². The fourth-order valence-electron chi connectivity index (χ4n) is 6.73. The van der Waals surface area contributed by atoms with Crippen LogP contribution >= 0.6 is 0 Å². The van der Waals surface area contributed by atoms with Crippen LogP contribution in [0.1, 0.15) is 56.7 Å². The van der Waals surface area contributed by atoms with E-state index in [4.69, 9.17) is 23.9 Å². The number of aliphatic imine (C=N–C) groups is 1. The van der Waals surface area contributed by atoms with Crippen LogP contribution in [0, 0.1) is 0 Å². The molecule has 0 aliphatic carbocycles. The van der Waals surface area contributed by atoms with Crippen LogP contribution in [0.15, 0.2) is 77.8 Å². The molecule has 51 heavy (non-hydrogen) atoms. The summed E-state index contributed by atoms with van der Waals surface area (Å²) in [5.41, 5.74) is 7.19. The van der Waals surface area contributed by atoms with Crippen LogP contribution in [0.2, 0.25) is 0 Å². The summed E-state index contributed by atoms with van der Waals surface area (Å²) in [6.07, 6.45) is 6.83. The summed E-state index contributed by atoms with van der Waals surface area (Å²) in [5, 5.41) is 3.17. The van der Waals surface area contributed by atoms with Crippen LogP contribution in [0.5, 0.6) is 23.0 Å². The van der Waals surface area contributed by atoms with Crippen molar-refractivity contribution < 1.29 is 28.5 Å². The van der Waals surface area contributed by atoms with Crippen molar-refractivity contribution in [2.24, 2.45) is 4.99 Å². The number of aldehydes is 1. The highest BCUT2D eigenvalue weighted by Crippen LogP contribution is 2.37. The number of carbonyl (C=O) groups is 2. The molecule has 0 fully saturated rings. The van der Waals surface area contributed by atoms with Gasteiger partial charge in [-0.25, -0.2) is 0 Å². The van der Waals surface area contributed by atoms with E-state index in [1.165, 1.54) is 22.4 Å². The summed E-state index contributed by atoms with van der Waals surface area (Å²) in [4.78, 5) is 34.3. The summed E-state index contributed by atoms with van der Waals surface area (Å²) < 4.78 is 23.4. The van der Waals surface area contributed by atoms with E-state index >= 15 is 0 Å².